The minimum Gasteiger partial charge on any atom is -0.467 e. The lowest BCUT2D eigenvalue weighted by atomic mass is 10.1. The van der Waals surface area contributed by atoms with Crippen LogP contribution in [0.25, 0.3) is 0 Å². The third kappa shape index (κ3) is 3.22. The molecule has 0 fully saturated rings. The van der Waals surface area contributed by atoms with Gasteiger partial charge in [-0.05, 0) is 31.9 Å². The molecule has 0 aliphatic heterocycles. The molecule has 6 nitrogen and oxygen atoms in total. The van der Waals surface area contributed by atoms with Crippen molar-refractivity contribution in [2.45, 2.75) is 45.7 Å². The van der Waals surface area contributed by atoms with E-state index in [1.54, 1.807) is 18.3 Å². The van der Waals surface area contributed by atoms with Gasteiger partial charge in [0, 0.05) is 5.69 Å². The Balaban J connectivity index is 2.16. The Labute approximate surface area is 130 Å². The topological polar surface area (TPSA) is 80.3 Å². The van der Waals surface area contributed by atoms with E-state index in [2.05, 4.69) is 24.3 Å². The molecule has 2 rings (SSSR count). The average molecular weight is 305 g/mol. The Morgan fingerprint density at radius 1 is 1.45 bits per heavy atom. The lowest BCUT2D eigenvalue weighted by Crippen LogP contribution is -2.30. The Morgan fingerprint density at radius 2 is 2.18 bits per heavy atom. The molecule has 2 aromatic rings. The highest BCUT2D eigenvalue weighted by molar-refractivity contribution is 5.95. The number of carbonyl (C=O) groups is 1. The van der Waals surface area contributed by atoms with Crippen LogP contribution < -0.4 is 5.32 Å². The van der Waals surface area contributed by atoms with Gasteiger partial charge in [0.25, 0.3) is 5.91 Å². The Morgan fingerprint density at radius 3 is 2.73 bits per heavy atom. The van der Waals surface area contributed by atoms with Gasteiger partial charge in [0.2, 0.25) is 0 Å². The van der Waals surface area contributed by atoms with Crippen molar-refractivity contribution >= 4 is 5.91 Å². The van der Waals surface area contributed by atoms with Crippen molar-refractivity contribution in [2.24, 2.45) is 0 Å². The maximum Gasteiger partial charge on any atom is 0.255 e. The van der Waals surface area contributed by atoms with Crippen LogP contribution in [0.2, 0.25) is 0 Å². The molecule has 2 heterocycles. The van der Waals surface area contributed by atoms with Crippen LogP contribution in [0, 0.1) is 6.92 Å². The summed E-state index contributed by atoms with van der Waals surface area (Å²) in [5, 5.41) is 16.6. The van der Waals surface area contributed by atoms with Gasteiger partial charge in [0.1, 0.15) is 11.8 Å². The van der Waals surface area contributed by atoms with Gasteiger partial charge in [-0.2, -0.15) is 5.10 Å². The molecule has 120 valence electrons. The van der Waals surface area contributed by atoms with Crippen molar-refractivity contribution < 1.29 is 14.3 Å². The van der Waals surface area contributed by atoms with E-state index in [4.69, 9.17) is 4.42 Å². The molecule has 22 heavy (non-hydrogen) atoms. The summed E-state index contributed by atoms with van der Waals surface area (Å²) in [6, 6.07) is 3.18. The molecule has 1 atom stereocenters. The molecule has 2 N–H and O–H groups in total. The van der Waals surface area contributed by atoms with E-state index >= 15 is 0 Å². The number of aromatic nitrogens is 2. The summed E-state index contributed by atoms with van der Waals surface area (Å²) in [5.74, 6) is 0.269. The SMILES string of the molecule is CCC(CC)n1ncc(C(=O)NC(CO)c2ccco2)c1C. The molecule has 1 unspecified atom stereocenters. The molecule has 2 aromatic heterocycles. The predicted octanol–water partition coefficient (Wildman–Crippen LogP) is 2.61. The number of aliphatic hydroxyl groups is 1. The first-order valence-electron chi connectivity index (χ1n) is 7.61. The summed E-state index contributed by atoms with van der Waals surface area (Å²) in [7, 11) is 0. The van der Waals surface area contributed by atoms with Crippen LogP contribution in [0.4, 0.5) is 0 Å². The molecule has 0 saturated heterocycles. The van der Waals surface area contributed by atoms with Crippen LogP contribution in [0.1, 0.15) is 60.6 Å². The van der Waals surface area contributed by atoms with Gasteiger partial charge in [-0.15, -0.1) is 0 Å². The molecule has 0 bridgehead atoms. The molecule has 0 aliphatic rings. The maximum absolute atomic E-state index is 12.4. The minimum atomic E-state index is -0.557. The molecule has 6 heteroatoms. The van der Waals surface area contributed by atoms with E-state index in [-0.39, 0.29) is 12.5 Å². The van der Waals surface area contributed by atoms with E-state index in [1.165, 1.54) is 6.26 Å². The van der Waals surface area contributed by atoms with E-state index in [0.717, 1.165) is 18.5 Å². The van der Waals surface area contributed by atoms with Crippen LogP contribution in [-0.2, 0) is 0 Å². The van der Waals surface area contributed by atoms with E-state index in [1.807, 2.05) is 11.6 Å². The second-order valence-electron chi connectivity index (χ2n) is 5.28. The first-order chi connectivity index (χ1) is 10.6. The fourth-order valence-corrected chi connectivity index (χ4v) is 2.58. The van der Waals surface area contributed by atoms with Crippen LogP contribution in [0.3, 0.4) is 0 Å². The van der Waals surface area contributed by atoms with Crippen molar-refractivity contribution in [3.8, 4) is 0 Å². The summed E-state index contributed by atoms with van der Waals surface area (Å²) < 4.78 is 7.13. The first kappa shape index (κ1) is 16.3. The number of carbonyl (C=O) groups excluding carboxylic acids is 1. The second-order valence-corrected chi connectivity index (χ2v) is 5.28. The highest BCUT2D eigenvalue weighted by Crippen LogP contribution is 2.20. The zero-order chi connectivity index (χ0) is 16.1. The van der Waals surface area contributed by atoms with Gasteiger partial charge in [0.05, 0.1) is 30.7 Å². The fraction of sp³-hybridized carbons (Fsp3) is 0.500. The molecular formula is C16H23N3O3. The smallest absolute Gasteiger partial charge is 0.255 e. The largest absolute Gasteiger partial charge is 0.467 e. The summed E-state index contributed by atoms with van der Waals surface area (Å²) >= 11 is 0. The van der Waals surface area contributed by atoms with Crippen molar-refractivity contribution in [1.82, 2.24) is 15.1 Å². The zero-order valence-electron chi connectivity index (χ0n) is 13.2. The third-order valence-electron chi connectivity index (χ3n) is 3.95. The number of furan rings is 1. The standard InChI is InChI=1S/C16H23N3O3/c1-4-12(5-2)19-11(3)13(9-17-19)16(21)18-14(10-20)15-7-6-8-22-15/h6-9,12,14,20H,4-5,10H2,1-3H3,(H,18,21). The number of hydrogen-bond acceptors (Lipinski definition) is 4. The summed E-state index contributed by atoms with van der Waals surface area (Å²) in [6.07, 6.45) is 5.03. The number of hydrogen-bond donors (Lipinski definition) is 2. The lowest BCUT2D eigenvalue weighted by molar-refractivity contribution is 0.0906. The van der Waals surface area contributed by atoms with Crippen LogP contribution in [0.5, 0.6) is 0 Å². The van der Waals surface area contributed by atoms with Gasteiger partial charge >= 0.3 is 0 Å². The van der Waals surface area contributed by atoms with E-state index in [0.29, 0.717) is 17.4 Å². The van der Waals surface area contributed by atoms with Gasteiger partial charge in [-0.3, -0.25) is 9.48 Å². The summed E-state index contributed by atoms with van der Waals surface area (Å²) in [6.45, 7) is 5.88. The fourth-order valence-electron chi connectivity index (χ4n) is 2.58. The van der Waals surface area contributed by atoms with Crippen LogP contribution in [-0.4, -0.2) is 27.4 Å². The second kappa shape index (κ2) is 7.26. The summed E-state index contributed by atoms with van der Waals surface area (Å²) in [5.41, 5.74) is 1.36. The van der Waals surface area contributed by atoms with Gasteiger partial charge in [-0.1, -0.05) is 13.8 Å². The monoisotopic (exact) mass is 305 g/mol. The van der Waals surface area contributed by atoms with Gasteiger partial charge < -0.3 is 14.8 Å². The number of nitrogens with one attached hydrogen (secondary N) is 1. The number of amides is 1. The summed E-state index contributed by atoms with van der Waals surface area (Å²) in [4.78, 5) is 12.4. The van der Waals surface area contributed by atoms with Gasteiger partial charge in [-0.25, -0.2) is 0 Å². The average Bonchev–Trinajstić information content (AvgIpc) is 3.17. The van der Waals surface area contributed by atoms with E-state index in [9.17, 15) is 9.90 Å². The molecular weight excluding hydrogens is 282 g/mol. The molecule has 1 amide bonds. The predicted molar refractivity (Wildman–Crippen MR) is 82.6 cm³/mol. The quantitative estimate of drug-likeness (QED) is 0.824. The molecule has 0 saturated carbocycles. The number of aliphatic hydroxyl groups excluding tert-OH is 1. The molecule has 0 aliphatic carbocycles. The normalized spacial score (nSPS) is 12.6. The molecule has 0 radical (unpaired) electrons. The van der Waals surface area contributed by atoms with Crippen molar-refractivity contribution in [3.63, 3.8) is 0 Å². The van der Waals surface area contributed by atoms with E-state index < -0.39 is 6.04 Å². The third-order valence-corrected chi connectivity index (χ3v) is 3.95. The van der Waals surface area contributed by atoms with Crippen molar-refractivity contribution in [2.75, 3.05) is 6.61 Å². The minimum absolute atomic E-state index is 0.223. The lowest BCUT2D eigenvalue weighted by Gasteiger charge is -2.16. The molecule has 0 aromatic carbocycles. The number of nitrogens with zero attached hydrogens (tertiary/aromatic N) is 2. The highest BCUT2D eigenvalue weighted by atomic mass is 16.3. The van der Waals surface area contributed by atoms with Crippen molar-refractivity contribution in [3.05, 3.63) is 41.6 Å². The number of rotatable bonds is 7. The molecule has 0 spiro atoms. The van der Waals surface area contributed by atoms with Crippen LogP contribution >= 0.6 is 0 Å². The van der Waals surface area contributed by atoms with Crippen molar-refractivity contribution in [1.29, 1.82) is 0 Å². The van der Waals surface area contributed by atoms with Gasteiger partial charge in [0.15, 0.2) is 0 Å². The Hall–Kier alpha value is -2.08. The Bertz CT molecular complexity index is 600. The Kier molecular flexibility index (Phi) is 5.38. The zero-order valence-corrected chi connectivity index (χ0v) is 13.2. The maximum atomic E-state index is 12.4. The highest BCUT2D eigenvalue weighted by Gasteiger charge is 2.22. The van der Waals surface area contributed by atoms with Crippen LogP contribution in [0.15, 0.2) is 29.0 Å². The first-order valence-corrected chi connectivity index (χ1v) is 7.61.